The number of aromatic nitrogens is 1. The van der Waals surface area contributed by atoms with Crippen molar-refractivity contribution in [1.82, 2.24) is 10.3 Å². The molecule has 2 aromatic rings. The lowest BCUT2D eigenvalue weighted by atomic mass is 10.2. The molecule has 0 radical (unpaired) electrons. The van der Waals surface area contributed by atoms with Crippen LogP contribution in [0.25, 0.3) is 10.2 Å². The van der Waals surface area contributed by atoms with Gasteiger partial charge >= 0.3 is 5.97 Å². The van der Waals surface area contributed by atoms with Crippen LogP contribution in [-0.2, 0) is 16.0 Å². The number of rotatable bonds is 7. The molecule has 0 bridgehead atoms. The molecule has 6 nitrogen and oxygen atoms in total. The Morgan fingerprint density at radius 1 is 1.33 bits per heavy atom. The van der Waals surface area contributed by atoms with E-state index in [0.29, 0.717) is 12.8 Å². The summed E-state index contributed by atoms with van der Waals surface area (Å²) in [5, 5.41) is 21.1. The number of fused-ring (bicyclic) bond motifs is 1. The number of hydrogen-bond acceptors (Lipinski definition) is 5. The topological polar surface area (TPSA) is 99.5 Å². The number of carboxylic acids is 1. The van der Waals surface area contributed by atoms with Crippen molar-refractivity contribution in [3.05, 3.63) is 29.3 Å². The van der Waals surface area contributed by atoms with E-state index >= 15 is 0 Å². The van der Waals surface area contributed by atoms with Crippen LogP contribution in [0, 0.1) is 0 Å². The van der Waals surface area contributed by atoms with E-state index in [-0.39, 0.29) is 18.9 Å². The summed E-state index contributed by atoms with van der Waals surface area (Å²) in [4.78, 5) is 26.5. The summed E-state index contributed by atoms with van der Waals surface area (Å²) < 4.78 is 1.09. The van der Waals surface area contributed by atoms with Crippen molar-refractivity contribution in [3.63, 3.8) is 0 Å². The Kier molecular flexibility index (Phi) is 5.24. The largest absolute Gasteiger partial charge is 0.479 e. The fourth-order valence-electron chi connectivity index (χ4n) is 1.81. The first-order valence-electron chi connectivity index (χ1n) is 6.58. The first-order chi connectivity index (χ1) is 10.1. The number of aryl methyl sites for hydroxylation is 1. The second-order valence-corrected chi connectivity index (χ2v) is 5.68. The normalized spacial score (nSPS) is 12.2. The molecule has 1 amide bonds. The number of aliphatic hydroxyl groups excluding tert-OH is 1. The summed E-state index contributed by atoms with van der Waals surface area (Å²) in [5.74, 6) is -1.45. The van der Waals surface area contributed by atoms with E-state index in [1.165, 1.54) is 0 Å². The number of benzene rings is 1. The molecule has 3 N–H and O–H groups in total. The third kappa shape index (κ3) is 4.51. The molecular formula is C14H16N2O4S. The average molecular weight is 308 g/mol. The second-order valence-electron chi connectivity index (χ2n) is 4.57. The Morgan fingerprint density at radius 3 is 2.81 bits per heavy atom. The fourth-order valence-corrected chi connectivity index (χ4v) is 2.77. The van der Waals surface area contributed by atoms with Gasteiger partial charge in [-0.2, -0.15) is 0 Å². The smallest absolute Gasteiger partial charge is 0.332 e. The molecular weight excluding hydrogens is 292 g/mol. The zero-order chi connectivity index (χ0) is 15.2. The van der Waals surface area contributed by atoms with Gasteiger partial charge in [0.2, 0.25) is 5.91 Å². The number of nitrogens with one attached hydrogen (secondary N) is 1. The van der Waals surface area contributed by atoms with Crippen molar-refractivity contribution in [3.8, 4) is 0 Å². The highest BCUT2D eigenvalue weighted by molar-refractivity contribution is 7.18. The molecule has 0 aliphatic carbocycles. The molecule has 2 rings (SSSR count). The maximum Gasteiger partial charge on any atom is 0.332 e. The highest BCUT2D eigenvalue weighted by atomic mass is 32.1. The molecule has 0 saturated heterocycles. The zero-order valence-electron chi connectivity index (χ0n) is 11.3. The molecule has 112 valence electrons. The van der Waals surface area contributed by atoms with Gasteiger partial charge < -0.3 is 15.5 Å². The number of carboxylic acid groups (broad SMARTS) is 1. The van der Waals surface area contributed by atoms with Gasteiger partial charge in [0.05, 0.1) is 15.2 Å². The van der Waals surface area contributed by atoms with Crippen LogP contribution in [0.1, 0.15) is 17.8 Å². The van der Waals surface area contributed by atoms with Crippen LogP contribution in [0.2, 0.25) is 0 Å². The SMILES string of the molecule is O=C(CCc1nc2ccccc2s1)NCC[C@H](O)C(=O)O. The molecule has 0 aliphatic heterocycles. The Labute approximate surface area is 125 Å². The highest BCUT2D eigenvalue weighted by Gasteiger charge is 2.13. The summed E-state index contributed by atoms with van der Waals surface area (Å²) in [6, 6.07) is 7.80. The number of hydrogen-bond donors (Lipinski definition) is 3. The third-order valence-corrected chi connectivity index (χ3v) is 4.03. The Bertz CT molecular complexity index is 608. The van der Waals surface area contributed by atoms with Gasteiger partial charge in [0.15, 0.2) is 6.10 Å². The van der Waals surface area contributed by atoms with Crippen molar-refractivity contribution < 1.29 is 19.8 Å². The first-order valence-corrected chi connectivity index (χ1v) is 7.40. The van der Waals surface area contributed by atoms with Crippen LogP contribution in [0.3, 0.4) is 0 Å². The number of carbonyl (C=O) groups is 2. The van der Waals surface area contributed by atoms with Crippen molar-refractivity contribution in [2.45, 2.75) is 25.4 Å². The zero-order valence-corrected chi connectivity index (χ0v) is 12.1. The molecule has 1 aromatic carbocycles. The number of para-hydroxylation sites is 1. The van der Waals surface area contributed by atoms with Crippen LogP contribution in [0.15, 0.2) is 24.3 Å². The lowest BCUT2D eigenvalue weighted by Gasteiger charge is -2.06. The summed E-state index contributed by atoms with van der Waals surface area (Å²) in [5.41, 5.74) is 0.933. The summed E-state index contributed by atoms with van der Waals surface area (Å²) >= 11 is 1.56. The van der Waals surface area contributed by atoms with Crippen LogP contribution in [0.5, 0.6) is 0 Å². The Balaban J connectivity index is 1.75. The minimum Gasteiger partial charge on any atom is -0.479 e. The molecule has 0 unspecified atom stereocenters. The predicted molar refractivity (Wildman–Crippen MR) is 79.2 cm³/mol. The number of thiazole rings is 1. The molecule has 1 atom stereocenters. The first kappa shape index (κ1) is 15.4. The molecule has 7 heteroatoms. The van der Waals surface area contributed by atoms with Gasteiger partial charge in [-0.1, -0.05) is 12.1 Å². The summed E-state index contributed by atoms with van der Waals surface area (Å²) in [6.45, 7) is 0.145. The number of aliphatic carboxylic acids is 1. The van der Waals surface area contributed by atoms with Crippen molar-refractivity contribution in [1.29, 1.82) is 0 Å². The second kappa shape index (κ2) is 7.14. The molecule has 0 aliphatic rings. The van der Waals surface area contributed by atoms with Crippen molar-refractivity contribution in [2.24, 2.45) is 0 Å². The summed E-state index contributed by atoms with van der Waals surface area (Å²) in [7, 11) is 0. The van der Waals surface area contributed by atoms with Crippen LogP contribution in [-0.4, -0.2) is 39.7 Å². The van der Waals surface area contributed by atoms with Crippen LogP contribution < -0.4 is 5.32 Å². The van der Waals surface area contributed by atoms with Gasteiger partial charge in [0.25, 0.3) is 0 Å². The van der Waals surface area contributed by atoms with Gasteiger partial charge in [0.1, 0.15) is 0 Å². The Hall–Kier alpha value is -1.99. The van der Waals surface area contributed by atoms with Crippen molar-refractivity contribution >= 4 is 33.4 Å². The third-order valence-electron chi connectivity index (χ3n) is 2.93. The lowest BCUT2D eigenvalue weighted by molar-refractivity contribution is -0.147. The van der Waals surface area contributed by atoms with Gasteiger partial charge in [-0.05, 0) is 12.1 Å². The quantitative estimate of drug-likeness (QED) is 0.713. The number of carbonyl (C=O) groups excluding carboxylic acids is 1. The molecule has 0 spiro atoms. The Morgan fingerprint density at radius 2 is 2.10 bits per heavy atom. The van der Waals surface area contributed by atoms with Crippen LogP contribution in [0.4, 0.5) is 0 Å². The van der Waals surface area contributed by atoms with E-state index in [4.69, 9.17) is 10.2 Å². The fraction of sp³-hybridized carbons (Fsp3) is 0.357. The molecule has 0 fully saturated rings. The van der Waals surface area contributed by atoms with Crippen LogP contribution >= 0.6 is 11.3 Å². The van der Waals surface area contributed by atoms with E-state index < -0.39 is 12.1 Å². The standard InChI is InChI=1S/C14H16N2O4S/c17-10(14(19)20)7-8-15-12(18)5-6-13-16-9-3-1-2-4-11(9)21-13/h1-4,10,17H,5-8H2,(H,15,18)(H,19,20)/t10-/m0/s1. The van der Waals surface area contributed by atoms with Gasteiger partial charge in [-0.15, -0.1) is 11.3 Å². The number of aliphatic hydroxyl groups is 1. The monoisotopic (exact) mass is 308 g/mol. The minimum absolute atomic E-state index is 0.00219. The molecule has 0 saturated carbocycles. The maximum atomic E-state index is 11.6. The van der Waals surface area contributed by atoms with Crippen molar-refractivity contribution in [2.75, 3.05) is 6.54 Å². The molecule has 1 aromatic heterocycles. The predicted octanol–water partition coefficient (Wildman–Crippen LogP) is 1.18. The summed E-state index contributed by atoms with van der Waals surface area (Å²) in [6.07, 6.45) is -0.590. The van der Waals surface area contributed by atoms with Gasteiger partial charge in [0, 0.05) is 25.8 Å². The molecule has 1 heterocycles. The van der Waals surface area contributed by atoms with E-state index in [0.717, 1.165) is 15.2 Å². The van der Waals surface area contributed by atoms with E-state index in [1.54, 1.807) is 11.3 Å². The maximum absolute atomic E-state index is 11.6. The number of amides is 1. The average Bonchev–Trinajstić information content (AvgIpc) is 2.87. The lowest BCUT2D eigenvalue weighted by Crippen LogP contribution is -2.30. The van der Waals surface area contributed by atoms with E-state index in [9.17, 15) is 9.59 Å². The highest BCUT2D eigenvalue weighted by Crippen LogP contribution is 2.22. The van der Waals surface area contributed by atoms with E-state index in [2.05, 4.69) is 10.3 Å². The van der Waals surface area contributed by atoms with E-state index in [1.807, 2.05) is 24.3 Å². The number of nitrogens with zero attached hydrogens (tertiary/aromatic N) is 1. The minimum atomic E-state index is -1.44. The molecule has 21 heavy (non-hydrogen) atoms. The van der Waals surface area contributed by atoms with Gasteiger partial charge in [-0.25, -0.2) is 9.78 Å². The van der Waals surface area contributed by atoms with Gasteiger partial charge in [-0.3, -0.25) is 4.79 Å².